The Morgan fingerprint density at radius 1 is 1.25 bits per heavy atom. The van der Waals surface area contributed by atoms with Gasteiger partial charge in [-0.3, -0.25) is 5.32 Å². The van der Waals surface area contributed by atoms with Crippen LogP contribution in [0.15, 0.2) is 18.2 Å². The number of nitrogens with one attached hydrogen (secondary N) is 2. The molecule has 0 saturated heterocycles. The van der Waals surface area contributed by atoms with Crippen molar-refractivity contribution in [2.45, 2.75) is 46.6 Å². The molecule has 0 bridgehead atoms. The highest BCUT2D eigenvalue weighted by molar-refractivity contribution is 5.87. The van der Waals surface area contributed by atoms with Crippen LogP contribution >= 0.6 is 0 Å². The average molecular weight is 336 g/mol. The smallest absolute Gasteiger partial charge is 0.412 e. The van der Waals surface area contributed by atoms with Crippen LogP contribution < -0.4 is 16.4 Å². The molecule has 136 valence electrons. The molecule has 0 spiro atoms. The van der Waals surface area contributed by atoms with E-state index in [1.807, 2.05) is 26.8 Å². The van der Waals surface area contributed by atoms with Crippen molar-refractivity contribution in [1.82, 2.24) is 4.90 Å². The van der Waals surface area contributed by atoms with E-state index in [0.29, 0.717) is 11.4 Å². The van der Waals surface area contributed by atoms with Gasteiger partial charge in [-0.25, -0.2) is 4.79 Å². The Balaban J connectivity index is 2.55. The van der Waals surface area contributed by atoms with E-state index in [4.69, 9.17) is 10.5 Å². The molecule has 0 aliphatic heterocycles. The lowest BCUT2D eigenvalue weighted by atomic mass is 10.2. The summed E-state index contributed by atoms with van der Waals surface area (Å²) >= 11 is 0. The van der Waals surface area contributed by atoms with Crippen LogP contribution in [-0.2, 0) is 4.74 Å². The number of hydrogen-bond donors (Lipinski definition) is 3. The van der Waals surface area contributed by atoms with Crippen LogP contribution in [0.2, 0.25) is 0 Å². The van der Waals surface area contributed by atoms with Gasteiger partial charge in [0.1, 0.15) is 5.60 Å². The van der Waals surface area contributed by atoms with Crippen LogP contribution in [-0.4, -0.2) is 42.8 Å². The predicted octanol–water partition coefficient (Wildman–Crippen LogP) is 3.76. The summed E-state index contributed by atoms with van der Waals surface area (Å²) in [5, 5.41) is 6.06. The molecule has 6 nitrogen and oxygen atoms in total. The fourth-order valence-corrected chi connectivity index (χ4v) is 2.27. The van der Waals surface area contributed by atoms with Crippen LogP contribution in [0.4, 0.5) is 21.9 Å². The summed E-state index contributed by atoms with van der Waals surface area (Å²) in [5.74, 6) is 0. The molecule has 0 atom stereocenters. The number of carbonyl (C=O) groups is 1. The van der Waals surface area contributed by atoms with Crippen LogP contribution in [0, 0.1) is 0 Å². The van der Waals surface area contributed by atoms with E-state index in [-0.39, 0.29) is 0 Å². The highest BCUT2D eigenvalue weighted by Gasteiger charge is 2.16. The molecular formula is C18H32N4O2. The van der Waals surface area contributed by atoms with Gasteiger partial charge in [0, 0.05) is 12.2 Å². The summed E-state index contributed by atoms with van der Waals surface area (Å²) in [7, 11) is 0. The molecule has 6 heteroatoms. The van der Waals surface area contributed by atoms with Crippen LogP contribution in [0.25, 0.3) is 0 Å². The summed E-state index contributed by atoms with van der Waals surface area (Å²) in [4.78, 5) is 14.2. The minimum Gasteiger partial charge on any atom is -0.444 e. The third-order valence-corrected chi connectivity index (χ3v) is 3.56. The van der Waals surface area contributed by atoms with Crippen molar-refractivity contribution in [3.63, 3.8) is 0 Å². The monoisotopic (exact) mass is 336 g/mol. The lowest BCUT2D eigenvalue weighted by Gasteiger charge is -2.20. The number of rotatable bonds is 8. The maximum absolute atomic E-state index is 11.8. The molecule has 0 saturated carbocycles. The molecule has 0 aromatic heterocycles. The lowest BCUT2D eigenvalue weighted by molar-refractivity contribution is 0.0636. The molecule has 24 heavy (non-hydrogen) atoms. The van der Waals surface area contributed by atoms with Crippen molar-refractivity contribution >= 4 is 23.2 Å². The summed E-state index contributed by atoms with van der Waals surface area (Å²) in [6, 6.07) is 5.37. The molecular weight excluding hydrogens is 304 g/mol. The van der Waals surface area contributed by atoms with Crippen molar-refractivity contribution in [3.05, 3.63) is 18.2 Å². The molecule has 1 aromatic carbocycles. The standard InChI is InChI=1S/C18H32N4O2/c1-6-22(7-2)12-8-11-20-16-13-14(9-10-15(16)19)21-17(23)24-18(3,4)5/h9-10,13,20H,6-8,11-12,19H2,1-5H3,(H,21,23). The first-order chi connectivity index (χ1) is 11.2. The molecule has 4 N–H and O–H groups in total. The van der Waals surface area contributed by atoms with Gasteiger partial charge in [-0.15, -0.1) is 0 Å². The number of hydrogen-bond acceptors (Lipinski definition) is 5. The first-order valence-corrected chi connectivity index (χ1v) is 8.61. The van der Waals surface area contributed by atoms with E-state index in [2.05, 4.69) is 29.4 Å². The fourth-order valence-electron chi connectivity index (χ4n) is 2.27. The van der Waals surface area contributed by atoms with Gasteiger partial charge in [0.05, 0.1) is 11.4 Å². The quantitative estimate of drug-likeness (QED) is 0.497. The Labute approximate surface area is 145 Å². The largest absolute Gasteiger partial charge is 0.444 e. The highest BCUT2D eigenvalue weighted by atomic mass is 16.6. The minimum atomic E-state index is -0.524. The number of anilines is 3. The summed E-state index contributed by atoms with van der Waals surface area (Å²) in [6.07, 6.45) is 0.560. The number of benzene rings is 1. The number of carbonyl (C=O) groups excluding carboxylic acids is 1. The Hall–Kier alpha value is -1.95. The molecule has 1 amide bonds. The van der Waals surface area contributed by atoms with Crippen LogP contribution in [0.1, 0.15) is 41.0 Å². The number of nitrogen functional groups attached to an aromatic ring is 1. The average Bonchev–Trinajstić information content (AvgIpc) is 2.48. The summed E-state index contributed by atoms with van der Waals surface area (Å²) in [6.45, 7) is 13.8. The molecule has 0 unspecified atom stereocenters. The first kappa shape index (κ1) is 20.1. The highest BCUT2D eigenvalue weighted by Crippen LogP contribution is 2.23. The van der Waals surface area contributed by atoms with Gasteiger partial charge in [0.25, 0.3) is 0 Å². The Kier molecular flexibility index (Phi) is 7.85. The SMILES string of the molecule is CCN(CC)CCCNc1cc(NC(=O)OC(C)(C)C)ccc1N. The zero-order valence-corrected chi connectivity index (χ0v) is 15.6. The Morgan fingerprint density at radius 2 is 1.92 bits per heavy atom. The van der Waals surface area contributed by atoms with Gasteiger partial charge < -0.3 is 20.7 Å². The van der Waals surface area contributed by atoms with Crippen molar-refractivity contribution in [3.8, 4) is 0 Å². The van der Waals surface area contributed by atoms with Gasteiger partial charge >= 0.3 is 6.09 Å². The third-order valence-electron chi connectivity index (χ3n) is 3.56. The van der Waals surface area contributed by atoms with Crippen molar-refractivity contribution in [2.24, 2.45) is 0 Å². The molecule has 0 radical (unpaired) electrons. The van der Waals surface area contributed by atoms with Gasteiger partial charge in [-0.05, 0) is 65.0 Å². The summed E-state index contributed by atoms with van der Waals surface area (Å²) in [5.41, 5.74) is 7.61. The zero-order chi connectivity index (χ0) is 18.2. The normalized spacial score (nSPS) is 11.4. The molecule has 0 heterocycles. The Morgan fingerprint density at radius 3 is 2.50 bits per heavy atom. The van der Waals surface area contributed by atoms with E-state index in [1.165, 1.54) is 0 Å². The van der Waals surface area contributed by atoms with Crippen molar-refractivity contribution in [2.75, 3.05) is 42.5 Å². The number of amides is 1. The topological polar surface area (TPSA) is 79.6 Å². The second-order valence-electron chi connectivity index (χ2n) is 6.74. The van der Waals surface area contributed by atoms with E-state index in [9.17, 15) is 4.79 Å². The molecule has 0 aliphatic carbocycles. The molecule has 1 rings (SSSR count). The number of nitrogens with two attached hydrogens (primary N) is 1. The number of ether oxygens (including phenoxy) is 1. The third kappa shape index (κ3) is 7.55. The van der Waals surface area contributed by atoms with E-state index >= 15 is 0 Å². The fraction of sp³-hybridized carbons (Fsp3) is 0.611. The second kappa shape index (κ2) is 9.37. The first-order valence-electron chi connectivity index (χ1n) is 8.61. The lowest BCUT2D eigenvalue weighted by Crippen LogP contribution is -2.27. The Bertz CT molecular complexity index is 522. The second-order valence-corrected chi connectivity index (χ2v) is 6.74. The maximum Gasteiger partial charge on any atom is 0.412 e. The van der Waals surface area contributed by atoms with Gasteiger partial charge in [-0.2, -0.15) is 0 Å². The van der Waals surface area contributed by atoms with Crippen molar-refractivity contribution < 1.29 is 9.53 Å². The maximum atomic E-state index is 11.8. The molecule has 0 fully saturated rings. The van der Waals surface area contributed by atoms with E-state index in [0.717, 1.165) is 38.3 Å². The van der Waals surface area contributed by atoms with Gasteiger partial charge in [0.2, 0.25) is 0 Å². The van der Waals surface area contributed by atoms with Crippen molar-refractivity contribution in [1.29, 1.82) is 0 Å². The van der Waals surface area contributed by atoms with E-state index < -0.39 is 11.7 Å². The predicted molar refractivity (Wildman–Crippen MR) is 102 cm³/mol. The van der Waals surface area contributed by atoms with E-state index in [1.54, 1.807) is 12.1 Å². The van der Waals surface area contributed by atoms with Gasteiger partial charge in [-0.1, -0.05) is 13.8 Å². The minimum absolute atomic E-state index is 0.472. The van der Waals surface area contributed by atoms with Gasteiger partial charge in [0.15, 0.2) is 0 Å². The van der Waals surface area contributed by atoms with Crippen LogP contribution in [0.5, 0.6) is 0 Å². The number of nitrogens with zero attached hydrogens (tertiary/aromatic N) is 1. The molecule has 0 aliphatic rings. The van der Waals surface area contributed by atoms with Crippen LogP contribution in [0.3, 0.4) is 0 Å². The summed E-state index contributed by atoms with van der Waals surface area (Å²) < 4.78 is 5.25. The molecule has 1 aromatic rings. The zero-order valence-electron chi connectivity index (χ0n) is 15.6.